The van der Waals surface area contributed by atoms with E-state index in [9.17, 15) is 9.59 Å². The summed E-state index contributed by atoms with van der Waals surface area (Å²) in [4.78, 5) is 38.6. The van der Waals surface area contributed by atoms with E-state index in [1.54, 1.807) is 0 Å². The molecule has 0 bridgehead atoms. The van der Waals surface area contributed by atoms with Crippen LogP contribution in [-0.4, -0.2) is 33.9 Å². The first-order valence-corrected chi connectivity index (χ1v) is 16.7. The van der Waals surface area contributed by atoms with E-state index in [1.807, 2.05) is 84.9 Å². The number of fused-ring (bicyclic) bond motifs is 2. The van der Waals surface area contributed by atoms with Crippen LogP contribution in [0.1, 0.15) is 46.4 Å². The van der Waals surface area contributed by atoms with Gasteiger partial charge in [-0.3, -0.25) is 9.59 Å². The number of hydrogen-bond donors (Lipinski definition) is 2. The summed E-state index contributed by atoms with van der Waals surface area (Å²) in [6.45, 7) is 0. The minimum Gasteiger partial charge on any atom is -0.349 e. The normalized spacial score (nSPS) is 16.7. The highest BCUT2D eigenvalue weighted by atomic mass is 35.5. The van der Waals surface area contributed by atoms with Gasteiger partial charge in [-0.05, 0) is 74.2 Å². The summed E-state index contributed by atoms with van der Waals surface area (Å²) in [6.07, 6.45) is 3.07. The average Bonchev–Trinajstić information content (AvgIpc) is 3.69. The van der Waals surface area contributed by atoms with Crippen LogP contribution >= 0.6 is 45.9 Å². The van der Waals surface area contributed by atoms with Crippen molar-refractivity contribution in [3.8, 4) is 21.1 Å². The summed E-state index contributed by atoms with van der Waals surface area (Å²) in [5, 5.41) is 8.12. The molecular weight excluding hydrogens is 631 g/mol. The van der Waals surface area contributed by atoms with Gasteiger partial charge in [0.25, 0.3) is 11.8 Å². The molecule has 10 heteroatoms. The topological polar surface area (TPSA) is 84.0 Å². The number of pyridine rings is 2. The van der Waals surface area contributed by atoms with E-state index in [1.165, 1.54) is 22.7 Å². The Balaban J connectivity index is 1.04. The molecule has 0 spiro atoms. The van der Waals surface area contributed by atoms with Gasteiger partial charge in [-0.1, -0.05) is 59.6 Å². The largest absolute Gasteiger partial charge is 0.349 e. The summed E-state index contributed by atoms with van der Waals surface area (Å²) in [5.41, 5.74) is 4.17. The van der Waals surface area contributed by atoms with Crippen molar-refractivity contribution in [1.82, 2.24) is 20.6 Å². The van der Waals surface area contributed by atoms with Crippen LogP contribution in [0.2, 0.25) is 8.67 Å². The third kappa shape index (κ3) is 5.95. The van der Waals surface area contributed by atoms with E-state index < -0.39 is 0 Å². The fourth-order valence-corrected chi connectivity index (χ4v) is 7.80. The number of para-hydroxylation sites is 2. The Morgan fingerprint density at radius 1 is 0.614 bits per heavy atom. The number of benzene rings is 2. The Hall–Kier alpha value is -3.82. The number of nitrogens with one attached hydrogen (secondary N) is 2. The summed E-state index contributed by atoms with van der Waals surface area (Å²) in [6, 6.07) is 26.6. The van der Waals surface area contributed by atoms with Gasteiger partial charge in [0.1, 0.15) is 0 Å². The lowest BCUT2D eigenvalue weighted by atomic mass is 9.90. The maximum absolute atomic E-state index is 13.6. The SMILES string of the molecule is O=C(NC1CCC(NC(=O)c2cc(-c3ccc(Cl)s3)nc3ccccc23)CC1)c1cc(-c2ccc(Cl)s2)nc2ccccc12. The van der Waals surface area contributed by atoms with E-state index in [-0.39, 0.29) is 23.9 Å². The number of halogens is 2. The van der Waals surface area contributed by atoms with Crippen molar-refractivity contribution in [2.75, 3.05) is 0 Å². The molecular formula is C34H26Cl2N4O2S2. The average molecular weight is 658 g/mol. The number of thiophene rings is 2. The van der Waals surface area contributed by atoms with Crippen LogP contribution in [0.4, 0.5) is 0 Å². The first-order valence-electron chi connectivity index (χ1n) is 14.3. The van der Waals surface area contributed by atoms with E-state index in [4.69, 9.17) is 33.2 Å². The van der Waals surface area contributed by atoms with Gasteiger partial charge in [-0.15, -0.1) is 22.7 Å². The number of hydrogen-bond acceptors (Lipinski definition) is 6. The summed E-state index contributed by atoms with van der Waals surface area (Å²) >= 11 is 15.2. The van der Waals surface area contributed by atoms with E-state index >= 15 is 0 Å². The second-order valence-electron chi connectivity index (χ2n) is 10.8. The molecule has 4 aromatic heterocycles. The highest BCUT2D eigenvalue weighted by molar-refractivity contribution is 7.19. The number of nitrogens with zero attached hydrogens (tertiary/aromatic N) is 2. The van der Waals surface area contributed by atoms with Gasteiger partial charge >= 0.3 is 0 Å². The van der Waals surface area contributed by atoms with E-state index in [0.29, 0.717) is 19.8 Å². The highest BCUT2D eigenvalue weighted by Crippen LogP contribution is 2.34. The smallest absolute Gasteiger partial charge is 0.252 e. The Bertz CT molecular complexity index is 1890. The molecule has 7 rings (SSSR count). The molecule has 2 N–H and O–H groups in total. The van der Waals surface area contributed by atoms with Crippen molar-refractivity contribution < 1.29 is 9.59 Å². The first kappa shape index (κ1) is 28.9. The van der Waals surface area contributed by atoms with Gasteiger partial charge in [0.15, 0.2) is 0 Å². The van der Waals surface area contributed by atoms with Crippen LogP contribution in [-0.2, 0) is 0 Å². The van der Waals surface area contributed by atoms with Crippen LogP contribution in [0.5, 0.6) is 0 Å². The lowest BCUT2D eigenvalue weighted by molar-refractivity contribution is 0.0893. The van der Waals surface area contributed by atoms with Crippen LogP contribution in [0.15, 0.2) is 84.9 Å². The van der Waals surface area contributed by atoms with Crippen molar-refractivity contribution in [2.24, 2.45) is 0 Å². The van der Waals surface area contributed by atoms with Gasteiger partial charge in [0, 0.05) is 22.9 Å². The van der Waals surface area contributed by atoms with Crippen molar-refractivity contribution >= 4 is 79.5 Å². The van der Waals surface area contributed by atoms with Crippen LogP contribution in [0.25, 0.3) is 42.9 Å². The zero-order chi connectivity index (χ0) is 30.2. The molecule has 44 heavy (non-hydrogen) atoms. The van der Waals surface area contributed by atoms with Gasteiger partial charge in [-0.25, -0.2) is 9.97 Å². The minimum atomic E-state index is -0.121. The van der Waals surface area contributed by atoms with Crippen molar-refractivity contribution in [3.63, 3.8) is 0 Å². The van der Waals surface area contributed by atoms with Crippen LogP contribution in [0.3, 0.4) is 0 Å². The molecule has 1 aliphatic carbocycles. The van der Waals surface area contributed by atoms with E-state index in [0.717, 1.165) is 68.6 Å². The number of aromatic nitrogens is 2. The van der Waals surface area contributed by atoms with Crippen molar-refractivity contribution in [2.45, 2.75) is 37.8 Å². The quantitative estimate of drug-likeness (QED) is 0.187. The second kappa shape index (κ2) is 12.3. The number of carbonyl (C=O) groups is 2. The maximum Gasteiger partial charge on any atom is 0.252 e. The first-order chi connectivity index (χ1) is 21.4. The summed E-state index contributed by atoms with van der Waals surface area (Å²) in [7, 11) is 0. The molecule has 220 valence electrons. The molecule has 0 aliphatic heterocycles. The van der Waals surface area contributed by atoms with Crippen LogP contribution in [0, 0.1) is 0 Å². The minimum absolute atomic E-state index is 0.0131. The maximum atomic E-state index is 13.6. The predicted octanol–water partition coefficient (Wildman–Crippen LogP) is 9.02. The zero-order valence-corrected chi connectivity index (χ0v) is 26.5. The second-order valence-corrected chi connectivity index (χ2v) is 14.3. The third-order valence-electron chi connectivity index (χ3n) is 7.97. The molecule has 4 heterocycles. The Morgan fingerprint density at radius 2 is 1.02 bits per heavy atom. The molecule has 1 fully saturated rings. The lowest BCUT2D eigenvalue weighted by Gasteiger charge is -2.30. The molecule has 6 aromatic rings. The zero-order valence-electron chi connectivity index (χ0n) is 23.3. The predicted molar refractivity (Wildman–Crippen MR) is 181 cm³/mol. The number of rotatable bonds is 6. The fraction of sp³-hybridized carbons (Fsp3) is 0.176. The Kier molecular flexibility index (Phi) is 8.08. The Morgan fingerprint density at radius 3 is 1.41 bits per heavy atom. The van der Waals surface area contributed by atoms with Gasteiger partial charge in [0.05, 0.1) is 52.0 Å². The van der Waals surface area contributed by atoms with Gasteiger partial charge in [0.2, 0.25) is 0 Å². The highest BCUT2D eigenvalue weighted by Gasteiger charge is 2.26. The van der Waals surface area contributed by atoms with Crippen molar-refractivity contribution in [3.05, 3.63) is 105 Å². The van der Waals surface area contributed by atoms with Gasteiger partial charge in [-0.2, -0.15) is 0 Å². The monoisotopic (exact) mass is 656 g/mol. The molecule has 2 aromatic carbocycles. The third-order valence-corrected chi connectivity index (χ3v) is 10.5. The van der Waals surface area contributed by atoms with Gasteiger partial charge < -0.3 is 10.6 Å². The van der Waals surface area contributed by atoms with Crippen molar-refractivity contribution in [1.29, 1.82) is 0 Å². The van der Waals surface area contributed by atoms with Crippen LogP contribution < -0.4 is 10.6 Å². The van der Waals surface area contributed by atoms with E-state index in [2.05, 4.69) is 10.6 Å². The standard InChI is InChI=1S/C34H26Cl2N4O2S2/c35-31-15-13-29(43-31)27-17-23(21-5-1-3-7-25(21)39-27)33(41)37-19-9-11-20(12-10-19)38-34(42)24-18-28(30-14-16-32(36)44-30)40-26-8-4-2-6-22(24)26/h1-8,13-20H,9-12H2,(H,37,41)(H,38,42). The summed E-state index contributed by atoms with van der Waals surface area (Å²) in [5.74, 6) is -0.242. The molecule has 0 saturated heterocycles. The molecule has 0 radical (unpaired) electrons. The molecule has 0 atom stereocenters. The fourth-order valence-electron chi connectivity index (χ4n) is 5.79. The number of amides is 2. The molecule has 1 saturated carbocycles. The molecule has 1 aliphatic rings. The molecule has 6 nitrogen and oxygen atoms in total. The lowest BCUT2D eigenvalue weighted by Crippen LogP contribution is -2.43. The number of carbonyl (C=O) groups excluding carboxylic acids is 2. The molecule has 2 amide bonds. The molecule has 0 unspecified atom stereocenters. The summed E-state index contributed by atoms with van der Waals surface area (Å²) < 4.78 is 1.35. The Labute approximate surface area is 272 Å².